The predicted molar refractivity (Wildman–Crippen MR) is 108 cm³/mol. The van der Waals surface area contributed by atoms with Crippen molar-refractivity contribution in [2.24, 2.45) is 0 Å². The summed E-state index contributed by atoms with van der Waals surface area (Å²) in [4.78, 5) is 28.5. The molecule has 2 heterocycles. The Balaban J connectivity index is 1.43. The number of nitrogens with one attached hydrogen (secondary N) is 2. The molecular formula is C22H26FN3O4. The van der Waals surface area contributed by atoms with Gasteiger partial charge in [-0.1, -0.05) is 18.2 Å². The highest BCUT2D eigenvalue weighted by molar-refractivity contribution is 5.94. The molecule has 1 aliphatic heterocycles. The third kappa shape index (κ3) is 6.08. The number of carbonyl (C=O) groups excluding carboxylic acids is 2. The second-order valence-corrected chi connectivity index (χ2v) is 7.25. The van der Waals surface area contributed by atoms with Crippen LogP contribution in [0.25, 0.3) is 0 Å². The Morgan fingerprint density at radius 2 is 1.97 bits per heavy atom. The highest BCUT2D eigenvalue weighted by atomic mass is 19.1. The fourth-order valence-electron chi connectivity index (χ4n) is 3.50. The summed E-state index contributed by atoms with van der Waals surface area (Å²) in [7, 11) is 0. The number of nitrogens with zero attached hydrogens (tertiary/aromatic N) is 1. The van der Waals surface area contributed by atoms with Crippen molar-refractivity contribution in [2.45, 2.75) is 43.9 Å². The average molecular weight is 415 g/mol. The summed E-state index contributed by atoms with van der Waals surface area (Å²) in [5.74, 6) is -1.23. The van der Waals surface area contributed by atoms with Crippen molar-refractivity contribution in [2.75, 3.05) is 13.2 Å². The number of carbonyl (C=O) groups is 2. The zero-order valence-corrected chi connectivity index (χ0v) is 16.6. The van der Waals surface area contributed by atoms with Gasteiger partial charge in [-0.05, 0) is 43.5 Å². The first kappa shape index (κ1) is 21.9. The Labute approximate surface area is 174 Å². The largest absolute Gasteiger partial charge is 0.394 e. The van der Waals surface area contributed by atoms with Crippen molar-refractivity contribution in [1.29, 1.82) is 0 Å². The smallest absolute Gasteiger partial charge is 0.254 e. The molecule has 0 bridgehead atoms. The molecular weight excluding hydrogens is 389 g/mol. The zero-order chi connectivity index (χ0) is 21.3. The fraction of sp³-hybridized carbons (Fsp3) is 0.409. The van der Waals surface area contributed by atoms with Gasteiger partial charge >= 0.3 is 0 Å². The maximum absolute atomic E-state index is 13.8. The standard InChI is InChI=1S/C22H26FN3O4/c23-18-7-2-1-6-17(18)22(29)26-19-9-8-16(30-20(19)14-27)10-12-25-21(28)13-15-5-3-4-11-24-15/h1-7,11,16,19-20,27H,8-10,12-14H2,(H,25,28)(H,26,29)/t16-,19+,20+/m0/s1. The van der Waals surface area contributed by atoms with Gasteiger partial charge in [-0.15, -0.1) is 0 Å². The number of pyridine rings is 1. The van der Waals surface area contributed by atoms with Crippen molar-refractivity contribution in [3.63, 3.8) is 0 Å². The van der Waals surface area contributed by atoms with E-state index in [0.717, 1.165) is 0 Å². The molecule has 1 aromatic carbocycles. The minimum Gasteiger partial charge on any atom is -0.394 e. The van der Waals surface area contributed by atoms with Gasteiger partial charge in [-0.3, -0.25) is 14.6 Å². The lowest BCUT2D eigenvalue weighted by Crippen LogP contribution is -2.51. The molecule has 2 amide bonds. The highest BCUT2D eigenvalue weighted by Gasteiger charge is 2.32. The molecule has 0 radical (unpaired) electrons. The van der Waals surface area contributed by atoms with Gasteiger partial charge in [0.25, 0.3) is 5.91 Å². The number of aliphatic hydroxyl groups is 1. The van der Waals surface area contributed by atoms with E-state index in [0.29, 0.717) is 31.5 Å². The van der Waals surface area contributed by atoms with Crippen LogP contribution in [0.15, 0.2) is 48.7 Å². The van der Waals surface area contributed by atoms with Gasteiger partial charge in [-0.2, -0.15) is 0 Å². The molecule has 0 spiro atoms. The summed E-state index contributed by atoms with van der Waals surface area (Å²) < 4.78 is 19.7. The van der Waals surface area contributed by atoms with Gasteiger partial charge in [0.2, 0.25) is 5.91 Å². The molecule has 30 heavy (non-hydrogen) atoms. The van der Waals surface area contributed by atoms with Crippen molar-refractivity contribution in [3.8, 4) is 0 Å². The van der Waals surface area contributed by atoms with E-state index in [4.69, 9.17) is 4.74 Å². The Morgan fingerprint density at radius 3 is 2.70 bits per heavy atom. The van der Waals surface area contributed by atoms with Crippen LogP contribution >= 0.6 is 0 Å². The summed E-state index contributed by atoms with van der Waals surface area (Å²) in [5, 5.41) is 15.3. The van der Waals surface area contributed by atoms with Gasteiger partial charge in [0.15, 0.2) is 0 Å². The minimum absolute atomic E-state index is 0.0352. The summed E-state index contributed by atoms with van der Waals surface area (Å²) in [6, 6.07) is 10.8. The first-order chi connectivity index (χ1) is 14.6. The number of hydrogen-bond acceptors (Lipinski definition) is 5. The van der Waals surface area contributed by atoms with E-state index < -0.39 is 23.9 Å². The van der Waals surface area contributed by atoms with Gasteiger partial charge in [-0.25, -0.2) is 4.39 Å². The first-order valence-electron chi connectivity index (χ1n) is 10.0. The van der Waals surface area contributed by atoms with Crippen LogP contribution in [0.2, 0.25) is 0 Å². The maximum atomic E-state index is 13.8. The van der Waals surface area contributed by atoms with Gasteiger partial charge in [0.05, 0.1) is 30.7 Å². The third-order valence-electron chi connectivity index (χ3n) is 5.09. The molecule has 1 aromatic heterocycles. The fourth-order valence-corrected chi connectivity index (χ4v) is 3.50. The van der Waals surface area contributed by atoms with Crippen molar-refractivity contribution >= 4 is 11.8 Å². The van der Waals surface area contributed by atoms with Crippen LogP contribution in [0.4, 0.5) is 4.39 Å². The number of ether oxygens (including phenoxy) is 1. The lowest BCUT2D eigenvalue weighted by Gasteiger charge is -2.36. The number of benzene rings is 1. The lowest BCUT2D eigenvalue weighted by molar-refractivity contribution is -0.121. The minimum atomic E-state index is -0.591. The molecule has 0 unspecified atom stereocenters. The van der Waals surface area contributed by atoms with Crippen LogP contribution in [0.3, 0.4) is 0 Å². The molecule has 8 heteroatoms. The van der Waals surface area contributed by atoms with E-state index in [1.165, 1.54) is 18.2 Å². The van der Waals surface area contributed by atoms with Gasteiger partial charge in [0.1, 0.15) is 11.9 Å². The van der Waals surface area contributed by atoms with E-state index in [2.05, 4.69) is 15.6 Å². The normalized spacial score (nSPS) is 21.1. The second kappa shape index (κ2) is 10.8. The highest BCUT2D eigenvalue weighted by Crippen LogP contribution is 2.22. The average Bonchev–Trinajstić information content (AvgIpc) is 2.75. The predicted octanol–water partition coefficient (Wildman–Crippen LogP) is 1.61. The second-order valence-electron chi connectivity index (χ2n) is 7.25. The van der Waals surface area contributed by atoms with Crippen LogP contribution in [-0.2, 0) is 16.0 Å². The van der Waals surface area contributed by atoms with Crippen molar-refractivity contribution in [1.82, 2.24) is 15.6 Å². The van der Waals surface area contributed by atoms with Gasteiger partial charge < -0.3 is 20.5 Å². The quantitative estimate of drug-likeness (QED) is 0.608. The maximum Gasteiger partial charge on any atom is 0.254 e. The number of halogens is 1. The van der Waals surface area contributed by atoms with Crippen LogP contribution in [0.5, 0.6) is 0 Å². The molecule has 3 atom stereocenters. The summed E-state index contributed by atoms with van der Waals surface area (Å²) in [5.41, 5.74) is 0.671. The molecule has 1 saturated heterocycles. The summed E-state index contributed by atoms with van der Waals surface area (Å²) in [6.07, 6.45) is 3.00. The van der Waals surface area contributed by atoms with E-state index >= 15 is 0 Å². The first-order valence-corrected chi connectivity index (χ1v) is 10.0. The van der Waals surface area contributed by atoms with Crippen molar-refractivity contribution in [3.05, 3.63) is 65.7 Å². The Bertz CT molecular complexity index is 849. The number of rotatable bonds is 8. The Kier molecular flexibility index (Phi) is 7.87. The molecule has 0 saturated carbocycles. The Hall–Kier alpha value is -2.84. The van der Waals surface area contributed by atoms with Crippen molar-refractivity contribution < 1.29 is 23.8 Å². The molecule has 3 N–H and O–H groups in total. The molecule has 3 rings (SSSR count). The number of aromatic nitrogens is 1. The van der Waals surface area contributed by atoms with Gasteiger partial charge in [0, 0.05) is 18.4 Å². The number of aliphatic hydroxyl groups excluding tert-OH is 1. The number of amides is 2. The monoisotopic (exact) mass is 415 g/mol. The molecule has 2 aromatic rings. The lowest BCUT2D eigenvalue weighted by atomic mass is 9.96. The van der Waals surface area contributed by atoms with E-state index in [1.54, 1.807) is 24.4 Å². The molecule has 1 aliphatic rings. The molecule has 0 aliphatic carbocycles. The Morgan fingerprint density at radius 1 is 1.17 bits per heavy atom. The molecule has 7 nitrogen and oxygen atoms in total. The van der Waals surface area contributed by atoms with Crippen LogP contribution < -0.4 is 10.6 Å². The SMILES string of the molecule is O=C(Cc1ccccn1)NCC[C@@H]1CC[C@@H](NC(=O)c2ccccc2F)[C@@H](CO)O1. The number of hydrogen-bond donors (Lipinski definition) is 3. The van der Waals surface area contributed by atoms with E-state index in [-0.39, 0.29) is 30.6 Å². The van der Waals surface area contributed by atoms with Crippen LogP contribution in [0, 0.1) is 5.82 Å². The molecule has 160 valence electrons. The van der Waals surface area contributed by atoms with E-state index in [1.807, 2.05) is 6.07 Å². The summed E-state index contributed by atoms with van der Waals surface area (Å²) >= 11 is 0. The topological polar surface area (TPSA) is 101 Å². The zero-order valence-electron chi connectivity index (χ0n) is 16.6. The molecule has 1 fully saturated rings. The third-order valence-corrected chi connectivity index (χ3v) is 5.09. The van der Waals surface area contributed by atoms with Crippen LogP contribution in [0.1, 0.15) is 35.3 Å². The van der Waals surface area contributed by atoms with Crippen LogP contribution in [-0.4, -0.2) is 53.3 Å². The summed E-state index contributed by atoms with van der Waals surface area (Å²) in [6.45, 7) is 0.186. The van der Waals surface area contributed by atoms with E-state index in [9.17, 15) is 19.1 Å².